The van der Waals surface area contributed by atoms with E-state index in [0.29, 0.717) is 0 Å². The molecule has 0 aromatic heterocycles. The quantitative estimate of drug-likeness (QED) is 0.776. The van der Waals surface area contributed by atoms with Gasteiger partial charge in [-0.3, -0.25) is 4.18 Å². The Labute approximate surface area is 87.4 Å². The third-order valence-corrected chi connectivity index (χ3v) is 3.04. The van der Waals surface area contributed by atoms with Gasteiger partial charge in [-0.1, -0.05) is 18.2 Å². The largest absolute Gasteiger partial charge is 0.479 e. The van der Waals surface area contributed by atoms with Crippen molar-refractivity contribution in [1.29, 1.82) is 0 Å². The zero-order valence-electron chi connectivity index (χ0n) is 7.95. The van der Waals surface area contributed by atoms with Crippen molar-refractivity contribution in [1.82, 2.24) is 0 Å². The summed E-state index contributed by atoms with van der Waals surface area (Å²) in [6.07, 6.45) is -1.39. The maximum absolute atomic E-state index is 11.5. The molecule has 5 nitrogen and oxygen atoms in total. The lowest BCUT2D eigenvalue weighted by Crippen LogP contribution is -2.23. The highest BCUT2D eigenvalue weighted by Gasteiger charge is 2.22. The summed E-state index contributed by atoms with van der Waals surface area (Å²) < 4.78 is 27.4. The number of rotatable bonds is 4. The van der Waals surface area contributed by atoms with Gasteiger partial charge in [-0.05, 0) is 19.1 Å². The number of aliphatic carboxylic acids is 1. The van der Waals surface area contributed by atoms with Crippen molar-refractivity contribution in [2.45, 2.75) is 17.9 Å². The highest BCUT2D eigenvalue weighted by molar-refractivity contribution is 7.86. The van der Waals surface area contributed by atoms with Gasteiger partial charge >= 0.3 is 5.97 Å². The number of carboxylic acid groups (broad SMARTS) is 1. The smallest absolute Gasteiger partial charge is 0.334 e. The summed E-state index contributed by atoms with van der Waals surface area (Å²) in [5.41, 5.74) is 0. The Morgan fingerprint density at radius 2 is 1.87 bits per heavy atom. The Morgan fingerprint density at radius 1 is 1.33 bits per heavy atom. The van der Waals surface area contributed by atoms with Crippen LogP contribution in [0.3, 0.4) is 0 Å². The summed E-state index contributed by atoms with van der Waals surface area (Å²) in [7, 11) is -3.99. The van der Waals surface area contributed by atoms with Gasteiger partial charge in [0.05, 0.1) is 4.90 Å². The first-order valence-electron chi connectivity index (χ1n) is 4.14. The van der Waals surface area contributed by atoms with Crippen LogP contribution in [0.15, 0.2) is 35.2 Å². The fraction of sp³-hybridized carbons (Fsp3) is 0.222. The standard InChI is InChI=1S/C9H10O5S/c1-7(9(10)11)14-15(12,13)8-5-3-2-4-6-8/h2-7H,1H3,(H,10,11)/t7-/m0/s1. The van der Waals surface area contributed by atoms with Crippen LogP contribution in [0.25, 0.3) is 0 Å². The molecule has 0 radical (unpaired) electrons. The van der Waals surface area contributed by atoms with Gasteiger partial charge in [0.1, 0.15) is 0 Å². The molecule has 1 aromatic carbocycles. The highest BCUT2D eigenvalue weighted by atomic mass is 32.2. The second kappa shape index (κ2) is 4.41. The SMILES string of the molecule is C[C@H](OS(=O)(=O)c1ccccc1)C(=O)O. The number of carboxylic acids is 1. The van der Waals surface area contributed by atoms with Crippen molar-refractivity contribution in [2.24, 2.45) is 0 Å². The van der Waals surface area contributed by atoms with E-state index in [0.717, 1.165) is 6.92 Å². The molecule has 0 aliphatic carbocycles. The van der Waals surface area contributed by atoms with Crippen LogP contribution in [-0.2, 0) is 19.1 Å². The fourth-order valence-corrected chi connectivity index (χ4v) is 1.94. The van der Waals surface area contributed by atoms with Crippen molar-refractivity contribution in [2.75, 3.05) is 0 Å². The van der Waals surface area contributed by atoms with Crippen molar-refractivity contribution < 1.29 is 22.5 Å². The van der Waals surface area contributed by atoms with Gasteiger partial charge in [-0.15, -0.1) is 0 Å². The van der Waals surface area contributed by atoms with Crippen LogP contribution in [0.2, 0.25) is 0 Å². The minimum absolute atomic E-state index is 0.0573. The lowest BCUT2D eigenvalue weighted by atomic mass is 10.4. The second-order valence-electron chi connectivity index (χ2n) is 2.84. The molecule has 0 amide bonds. The molecule has 6 heteroatoms. The third-order valence-electron chi connectivity index (χ3n) is 1.65. The first-order valence-corrected chi connectivity index (χ1v) is 5.55. The molecule has 0 heterocycles. The lowest BCUT2D eigenvalue weighted by Gasteiger charge is -2.08. The number of carbonyl (C=O) groups is 1. The van der Waals surface area contributed by atoms with E-state index in [1.807, 2.05) is 0 Å². The topological polar surface area (TPSA) is 80.7 Å². The molecule has 1 N–H and O–H groups in total. The molecule has 1 atom stereocenters. The van der Waals surface area contributed by atoms with E-state index in [1.54, 1.807) is 6.07 Å². The average Bonchev–Trinajstić information content (AvgIpc) is 2.18. The van der Waals surface area contributed by atoms with Crippen molar-refractivity contribution >= 4 is 16.1 Å². The van der Waals surface area contributed by atoms with Gasteiger partial charge in [0.2, 0.25) is 0 Å². The van der Waals surface area contributed by atoms with Crippen molar-refractivity contribution in [3.8, 4) is 0 Å². The Hall–Kier alpha value is -1.40. The normalized spacial score (nSPS) is 13.4. The van der Waals surface area contributed by atoms with Gasteiger partial charge in [-0.25, -0.2) is 4.79 Å². The molecule has 0 aliphatic heterocycles. The van der Waals surface area contributed by atoms with Gasteiger partial charge < -0.3 is 5.11 Å². The van der Waals surface area contributed by atoms with E-state index in [4.69, 9.17) is 5.11 Å². The molecule has 0 fully saturated rings. The predicted molar refractivity (Wildman–Crippen MR) is 51.8 cm³/mol. The summed E-state index contributed by atoms with van der Waals surface area (Å²) in [5.74, 6) is -1.32. The summed E-state index contributed by atoms with van der Waals surface area (Å²) in [6, 6.07) is 7.39. The Morgan fingerprint density at radius 3 is 2.33 bits per heavy atom. The number of benzene rings is 1. The molecule has 1 rings (SSSR count). The molecular weight excluding hydrogens is 220 g/mol. The maximum atomic E-state index is 11.5. The predicted octanol–water partition coefficient (Wildman–Crippen LogP) is 0.865. The van der Waals surface area contributed by atoms with Gasteiger partial charge in [-0.2, -0.15) is 8.42 Å². The zero-order valence-corrected chi connectivity index (χ0v) is 8.77. The summed E-state index contributed by atoms with van der Waals surface area (Å²) in [6.45, 7) is 1.16. The number of hydrogen-bond donors (Lipinski definition) is 1. The lowest BCUT2D eigenvalue weighted by molar-refractivity contribution is -0.144. The van der Waals surface area contributed by atoms with Crippen molar-refractivity contribution in [3.05, 3.63) is 30.3 Å². The van der Waals surface area contributed by atoms with Crippen LogP contribution in [-0.4, -0.2) is 25.6 Å². The molecule has 0 aliphatic rings. The molecule has 0 saturated carbocycles. The Bertz CT molecular complexity index is 437. The van der Waals surface area contributed by atoms with Crippen LogP contribution in [0, 0.1) is 0 Å². The molecule has 0 spiro atoms. The molecule has 15 heavy (non-hydrogen) atoms. The third kappa shape index (κ3) is 3.03. The van der Waals surface area contributed by atoms with E-state index in [2.05, 4.69) is 4.18 Å². The second-order valence-corrected chi connectivity index (χ2v) is 4.42. The van der Waals surface area contributed by atoms with Crippen LogP contribution in [0.5, 0.6) is 0 Å². The van der Waals surface area contributed by atoms with Crippen LogP contribution < -0.4 is 0 Å². The number of hydrogen-bond acceptors (Lipinski definition) is 4. The zero-order chi connectivity index (χ0) is 11.5. The first kappa shape index (κ1) is 11.7. The van der Waals surface area contributed by atoms with E-state index >= 15 is 0 Å². The Balaban J connectivity index is 2.91. The van der Waals surface area contributed by atoms with Gasteiger partial charge in [0, 0.05) is 0 Å². The first-order chi connectivity index (χ1) is 6.93. The average molecular weight is 230 g/mol. The maximum Gasteiger partial charge on any atom is 0.334 e. The molecule has 1 aromatic rings. The summed E-state index contributed by atoms with van der Waals surface area (Å²) >= 11 is 0. The molecule has 0 unspecified atom stereocenters. The minimum atomic E-state index is -3.99. The van der Waals surface area contributed by atoms with Gasteiger partial charge in [0.25, 0.3) is 10.1 Å². The fourth-order valence-electron chi connectivity index (χ4n) is 0.874. The van der Waals surface area contributed by atoms with Crippen LogP contribution in [0.1, 0.15) is 6.92 Å². The van der Waals surface area contributed by atoms with Crippen LogP contribution in [0.4, 0.5) is 0 Å². The van der Waals surface area contributed by atoms with E-state index in [9.17, 15) is 13.2 Å². The van der Waals surface area contributed by atoms with E-state index in [-0.39, 0.29) is 4.90 Å². The van der Waals surface area contributed by atoms with Gasteiger partial charge in [0.15, 0.2) is 6.10 Å². The highest BCUT2D eigenvalue weighted by Crippen LogP contribution is 2.13. The van der Waals surface area contributed by atoms with E-state index in [1.165, 1.54) is 24.3 Å². The van der Waals surface area contributed by atoms with E-state index < -0.39 is 22.2 Å². The molecule has 0 saturated heterocycles. The molecular formula is C9H10O5S. The minimum Gasteiger partial charge on any atom is -0.479 e. The Kier molecular flexibility index (Phi) is 3.43. The summed E-state index contributed by atoms with van der Waals surface area (Å²) in [4.78, 5) is 10.4. The van der Waals surface area contributed by atoms with Crippen LogP contribution >= 0.6 is 0 Å². The molecule has 0 bridgehead atoms. The van der Waals surface area contributed by atoms with Crippen molar-refractivity contribution in [3.63, 3.8) is 0 Å². The molecule has 82 valence electrons. The monoisotopic (exact) mass is 230 g/mol. The summed E-state index contributed by atoms with van der Waals surface area (Å²) in [5, 5.41) is 8.50.